The largest absolute Gasteiger partial charge is 0.496 e. The second-order valence-electron chi connectivity index (χ2n) is 8.23. The average molecular weight is 417 g/mol. The molecule has 1 amide bonds. The molecule has 6 nitrogen and oxygen atoms in total. The lowest BCUT2D eigenvalue weighted by molar-refractivity contribution is -0.131. The number of carbonyl (C=O) groups is 1. The van der Waals surface area contributed by atoms with E-state index in [1.165, 1.54) is 6.33 Å². The van der Waals surface area contributed by atoms with E-state index in [2.05, 4.69) is 33.1 Å². The van der Waals surface area contributed by atoms with Crippen molar-refractivity contribution < 1.29 is 9.53 Å². The molecule has 1 aliphatic rings. The molecule has 0 saturated carbocycles. The molecule has 1 atom stereocenters. The van der Waals surface area contributed by atoms with Crippen molar-refractivity contribution in [2.24, 2.45) is 11.1 Å². The minimum Gasteiger partial charge on any atom is -0.496 e. The van der Waals surface area contributed by atoms with E-state index in [0.29, 0.717) is 13.0 Å². The van der Waals surface area contributed by atoms with Crippen LogP contribution in [0, 0.1) is 5.41 Å². The van der Waals surface area contributed by atoms with E-state index in [0.717, 1.165) is 53.9 Å². The Kier molecular flexibility index (Phi) is 6.28. The molecule has 1 aliphatic heterocycles. The van der Waals surface area contributed by atoms with Crippen molar-refractivity contribution in [2.75, 3.05) is 20.2 Å². The van der Waals surface area contributed by atoms with Gasteiger partial charge in [-0.3, -0.25) is 9.69 Å². The lowest BCUT2D eigenvalue weighted by atomic mass is 9.73. The van der Waals surface area contributed by atoms with Crippen LogP contribution < -0.4 is 10.5 Å². The minimum atomic E-state index is -0.619. The molecule has 2 N–H and O–H groups in total. The second kappa shape index (κ2) is 9.27. The standard InChI is InChI=1S/C25H28N4O2/c1-31-23-10-5-3-8-20(23)16-29-12-6-11-25(17-29,24(26)30)13-19-7-2-4-9-22(19)21-14-27-18-28-15-21/h2-5,7-10,14-15,18H,6,11-13,16-17H2,1H3,(H2,26,30)/t25-/m1/s1. The molecule has 0 bridgehead atoms. The number of ether oxygens (including phenoxy) is 1. The molecular weight excluding hydrogens is 388 g/mol. The zero-order valence-corrected chi connectivity index (χ0v) is 17.8. The number of para-hydroxylation sites is 1. The molecule has 1 saturated heterocycles. The lowest BCUT2D eigenvalue weighted by Crippen LogP contribution is -2.51. The molecule has 31 heavy (non-hydrogen) atoms. The number of amides is 1. The third kappa shape index (κ3) is 4.59. The number of primary amides is 1. The topological polar surface area (TPSA) is 81.3 Å². The Bertz CT molecular complexity index is 1040. The van der Waals surface area contributed by atoms with Crippen molar-refractivity contribution in [3.05, 3.63) is 78.4 Å². The molecule has 3 aromatic rings. The first-order valence-electron chi connectivity index (χ1n) is 10.6. The van der Waals surface area contributed by atoms with E-state index in [9.17, 15) is 4.79 Å². The number of rotatable bonds is 7. The van der Waals surface area contributed by atoms with Crippen molar-refractivity contribution in [1.29, 1.82) is 0 Å². The zero-order valence-electron chi connectivity index (χ0n) is 17.8. The smallest absolute Gasteiger partial charge is 0.225 e. The fourth-order valence-corrected chi connectivity index (χ4v) is 4.63. The van der Waals surface area contributed by atoms with Crippen LogP contribution in [0.15, 0.2) is 67.3 Å². The van der Waals surface area contributed by atoms with E-state index >= 15 is 0 Å². The van der Waals surface area contributed by atoms with Crippen LogP contribution in [0.1, 0.15) is 24.0 Å². The Morgan fingerprint density at radius 1 is 1.10 bits per heavy atom. The Balaban J connectivity index is 1.61. The van der Waals surface area contributed by atoms with Crippen LogP contribution in [-0.4, -0.2) is 41.0 Å². The average Bonchev–Trinajstić information content (AvgIpc) is 2.80. The molecule has 0 spiro atoms. The van der Waals surface area contributed by atoms with Gasteiger partial charge in [0.25, 0.3) is 0 Å². The Hall–Kier alpha value is -3.25. The van der Waals surface area contributed by atoms with Gasteiger partial charge in [0.1, 0.15) is 12.1 Å². The van der Waals surface area contributed by atoms with E-state index < -0.39 is 5.41 Å². The number of nitrogens with two attached hydrogens (primary N) is 1. The van der Waals surface area contributed by atoms with Crippen molar-refractivity contribution in [3.63, 3.8) is 0 Å². The number of hydrogen-bond donors (Lipinski definition) is 1. The Labute approximate surface area is 183 Å². The molecular formula is C25H28N4O2. The summed E-state index contributed by atoms with van der Waals surface area (Å²) >= 11 is 0. The molecule has 2 heterocycles. The summed E-state index contributed by atoms with van der Waals surface area (Å²) in [5, 5.41) is 0. The summed E-state index contributed by atoms with van der Waals surface area (Å²) in [6, 6.07) is 16.2. The molecule has 0 unspecified atom stereocenters. The molecule has 2 aromatic carbocycles. The third-order valence-electron chi connectivity index (χ3n) is 6.18. The summed E-state index contributed by atoms with van der Waals surface area (Å²) in [6.07, 6.45) is 7.43. The van der Waals surface area contributed by atoms with Gasteiger partial charge < -0.3 is 10.5 Å². The predicted octanol–water partition coefficient (Wildman–Crippen LogP) is 3.46. The molecule has 160 valence electrons. The summed E-state index contributed by atoms with van der Waals surface area (Å²) in [5.74, 6) is 0.628. The highest BCUT2D eigenvalue weighted by Crippen LogP contribution is 2.37. The number of likely N-dealkylation sites (tertiary alicyclic amines) is 1. The van der Waals surface area contributed by atoms with Crippen molar-refractivity contribution in [1.82, 2.24) is 14.9 Å². The molecule has 4 rings (SSSR count). The van der Waals surface area contributed by atoms with Crippen LogP contribution in [0.4, 0.5) is 0 Å². The van der Waals surface area contributed by atoms with Crippen molar-refractivity contribution in [3.8, 4) is 16.9 Å². The lowest BCUT2D eigenvalue weighted by Gasteiger charge is -2.41. The van der Waals surface area contributed by atoms with Crippen LogP contribution in [0.3, 0.4) is 0 Å². The fourth-order valence-electron chi connectivity index (χ4n) is 4.63. The van der Waals surface area contributed by atoms with Crippen LogP contribution in [-0.2, 0) is 17.8 Å². The van der Waals surface area contributed by atoms with Crippen molar-refractivity contribution in [2.45, 2.75) is 25.8 Å². The van der Waals surface area contributed by atoms with Gasteiger partial charge in [-0.2, -0.15) is 0 Å². The predicted molar refractivity (Wildman–Crippen MR) is 120 cm³/mol. The van der Waals surface area contributed by atoms with Crippen molar-refractivity contribution >= 4 is 5.91 Å². The van der Waals surface area contributed by atoms with E-state index in [4.69, 9.17) is 10.5 Å². The third-order valence-corrected chi connectivity index (χ3v) is 6.18. The molecule has 1 fully saturated rings. The van der Waals surface area contributed by atoms with Gasteiger partial charge in [0.2, 0.25) is 5.91 Å². The first kappa shape index (κ1) is 21.0. The van der Waals surface area contributed by atoms with E-state index in [1.807, 2.05) is 30.3 Å². The summed E-state index contributed by atoms with van der Waals surface area (Å²) in [7, 11) is 1.69. The molecule has 6 heteroatoms. The number of methoxy groups -OCH3 is 1. The monoisotopic (exact) mass is 416 g/mol. The second-order valence-corrected chi connectivity index (χ2v) is 8.23. The van der Waals surface area contributed by atoms with Gasteiger partial charge in [0, 0.05) is 36.6 Å². The van der Waals surface area contributed by atoms with Gasteiger partial charge in [-0.05, 0) is 43.0 Å². The quantitative estimate of drug-likeness (QED) is 0.638. The van der Waals surface area contributed by atoms with E-state index in [1.54, 1.807) is 19.5 Å². The maximum absolute atomic E-state index is 12.8. The first-order chi connectivity index (χ1) is 15.1. The van der Waals surface area contributed by atoms with Crippen LogP contribution in [0.5, 0.6) is 5.75 Å². The highest BCUT2D eigenvalue weighted by Gasteiger charge is 2.41. The summed E-state index contributed by atoms with van der Waals surface area (Å²) in [6.45, 7) is 2.29. The number of aromatic nitrogens is 2. The molecule has 0 aliphatic carbocycles. The van der Waals surface area contributed by atoms with Crippen LogP contribution in [0.2, 0.25) is 0 Å². The summed E-state index contributed by atoms with van der Waals surface area (Å²) in [4.78, 5) is 23.4. The maximum Gasteiger partial charge on any atom is 0.225 e. The minimum absolute atomic E-state index is 0.239. The molecule has 1 aromatic heterocycles. The molecule has 0 radical (unpaired) electrons. The van der Waals surface area contributed by atoms with Gasteiger partial charge in [-0.15, -0.1) is 0 Å². The number of carbonyl (C=O) groups excluding carboxylic acids is 1. The zero-order chi connectivity index (χ0) is 21.7. The number of nitrogens with zero attached hydrogens (tertiary/aromatic N) is 3. The number of hydrogen-bond acceptors (Lipinski definition) is 5. The summed E-state index contributed by atoms with van der Waals surface area (Å²) < 4.78 is 5.52. The number of benzene rings is 2. The summed E-state index contributed by atoms with van der Waals surface area (Å²) in [5.41, 5.74) is 9.62. The van der Waals surface area contributed by atoms with E-state index in [-0.39, 0.29) is 5.91 Å². The highest BCUT2D eigenvalue weighted by molar-refractivity contribution is 5.82. The Morgan fingerprint density at radius 2 is 1.81 bits per heavy atom. The van der Waals surface area contributed by atoms with Crippen LogP contribution in [0.25, 0.3) is 11.1 Å². The van der Waals surface area contributed by atoms with Gasteiger partial charge in [-0.25, -0.2) is 9.97 Å². The van der Waals surface area contributed by atoms with Crippen LogP contribution >= 0.6 is 0 Å². The fraction of sp³-hybridized carbons (Fsp3) is 0.320. The first-order valence-corrected chi connectivity index (χ1v) is 10.6. The van der Waals surface area contributed by atoms with Gasteiger partial charge >= 0.3 is 0 Å². The Morgan fingerprint density at radius 3 is 2.55 bits per heavy atom. The maximum atomic E-state index is 12.8. The number of piperidine rings is 1. The normalized spacial score (nSPS) is 19.1. The highest BCUT2D eigenvalue weighted by atomic mass is 16.5. The van der Waals surface area contributed by atoms with Gasteiger partial charge in [0.15, 0.2) is 0 Å². The van der Waals surface area contributed by atoms with Gasteiger partial charge in [0.05, 0.1) is 12.5 Å². The van der Waals surface area contributed by atoms with Gasteiger partial charge in [-0.1, -0.05) is 42.5 Å². The SMILES string of the molecule is COc1ccccc1CN1CCC[C@](Cc2ccccc2-c2cncnc2)(C(N)=O)C1.